The second-order valence-corrected chi connectivity index (χ2v) is 8.87. The summed E-state index contributed by atoms with van der Waals surface area (Å²) < 4.78 is 33.3. The third kappa shape index (κ3) is 4.69. The number of benzene rings is 2. The van der Waals surface area contributed by atoms with Gasteiger partial charge in [-0.2, -0.15) is 0 Å². The number of aryl methyl sites for hydroxylation is 2. The molecule has 6 heteroatoms. The van der Waals surface area contributed by atoms with E-state index in [1.807, 2.05) is 6.92 Å². The highest BCUT2D eigenvalue weighted by atomic mass is 32.2. The van der Waals surface area contributed by atoms with Crippen LogP contribution in [0, 0.1) is 13.8 Å². The highest BCUT2D eigenvalue weighted by molar-refractivity contribution is 7.89. The van der Waals surface area contributed by atoms with Gasteiger partial charge in [0.1, 0.15) is 5.75 Å². The fraction of sp³-hybridized carbons (Fsp3) is 0.429. The van der Waals surface area contributed by atoms with Gasteiger partial charge < -0.3 is 4.74 Å². The summed E-state index contributed by atoms with van der Waals surface area (Å²) in [7, 11) is -1.92. The fourth-order valence-electron chi connectivity index (χ4n) is 3.60. The van der Waals surface area contributed by atoms with Gasteiger partial charge in [-0.25, -0.2) is 13.1 Å². The first kappa shape index (κ1) is 19.9. The molecule has 2 aromatic carbocycles. The molecule has 0 bridgehead atoms. The lowest BCUT2D eigenvalue weighted by atomic mass is 10.00. The number of hydrogen-bond donors (Lipinski definition) is 1. The lowest BCUT2D eigenvalue weighted by molar-refractivity contribution is 0.251. The lowest BCUT2D eigenvalue weighted by Gasteiger charge is -2.28. The minimum Gasteiger partial charge on any atom is -0.496 e. The van der Waals surface area contributed by atoms with E-state index in [4.69, 9.17) is 4.74 Å². The zero-order valence-electron chi connectivity index (χ0n) is 16.3. The molecule has 2 aromatic rings. The summed E-state index contributed by atoms with van der Waals surface area (Å²) in [6, 6.07) is 12.0. The van der Waals surface area contributed by atoms with Crippen LogP contribution < -0.4 is 9.46 Å². The number of rotatable bonds is 7. The van der Waals surface area contributed by atoms with Crippen molar-refractivity contribution in [1.29, 1.82) is 0 Å². The van der Waals surface area contributed by atoms with Crippen LogP contribution in [0.1, 0.15) is 28.7 Å². The van der Waals surface area contributed by atoms with Crippen molar-refractivity contribution in [1.82, 2.24) is 9.62 Å². The molecule has 0 saturated heterocycles. The van der Waals surface area contributed by atoms with E-state index in [1.165, 1.54) is 11.1 Å². The van der Waals surface area contributed by atoms with Crippen LogP contribution in [-0.2, 0) is 23.0 Å². The molecule has 27 heavy (non-hydrogen) atoms. The summed E-state index contributed by atoms with van der Waals surface area (Å²) in [5.41, 5.74) is 4.32. The maximum atomic E-state index is 12.7. The summed E-state index contributed by atoms with van der Waals surface area (Å²) in [5.74, 6) is 0.705. The van der Waals surface area contributed by atoms with E-state index in [9.17, 15) is 8.42 Å². The average molecular weight is 389 g/mol. The molecule has 5 nitrogen and oxygen atoms in total. The molecule has 0 aromatic heterocycles. The third-order valence-corrected chi connectivity index (χ3v) is 6.74. The van der Waals surface area contributed by atoms with Gasteiger partial charge in [-0.05, 0) is 67.6 Å². The third-order valence-electron chi connectivity index (χ3n) is 5.13. The Morgan fingerprint density at radius 2 is 1.85 bits per heavy atom. The Morgan fingerprint density at radius 3 is 2.59 bits per heavy atom. The predicted octanol–water partition coefficient (Wildman–Crippen LogP) is 3.04. The van der Waals surface area contributed by atoms with Crippen LogP contribution in [0.3, 0.4) is 0 Å². The minimum atomic E-state index is -3.51. The van der Waals surface area contributed by atoms with Gasteiger partial charge in [0.05, 0.1) is 12.0 Å². The van der Waals surface area contributed by atoms with Gasteiger partial charge in [-0.1, -0.05) is 24.3 Å². The first-order valence-corrected chi connectivity index (χ1v) is 10.8. The van der Waals surface area contributed by atoms with E-state index < -0.39 is 10.0 Å². The maximum absolute atomic E-state index is 12.7. The molecule has 0 saturated carbocycles. The summed E-state index contributed by atoms with van der Waals surface area (Å²) in [5, 5.41) is 0. The molecule has 0 spiro atoms. The molecular weight excluding hydrogens is 360 g/mol. The number of methoxy groups -OCH3 is 1. The molecule has 3 rings (SSSR count). The molecule has 1 N–H and O–H groups in total. The number of fused-ring (bicyclic) bond motifs is 1. The highest BCUT2D eigenvalue weighted by Gasteiger charge is 2.19. The van der Waals surface area contributed by atoms with Crippen LogP contribution in [-0.4, -0.2) is 40.1 Å². The van der Waals surface area contributed by atoms with Gasteiger partial charge in [0.25, 0.3) is 0 Å². The molecule has 0 atom stereocenters. The quantitative estimate of drug-likeness (QED) is 0.741. The van der Waals surface area contributed by atoms with E-state index in [0.717, 1.165) is 38.0 Å². The lowest BCUT2D eigenvalue weighted by Crippen LogP contribution is -2.33. The number of sulfonamides is 1. The molecule has 0 fully saturated rings. The van der Waals surface area contributed by atoms with Crippen molar-refractivity contribution < 1.29 is 13.2 Å². The van der Waals surface area contributed by atoms with E-state index in [1.54, 1.807) is 26.2 Å². The predicted molar refractivity (Wildman–Crippen MR) is 108 cm³/mol. The monoisotopic (exact) mass is 388 g/mol. The topological polar surface area (TPSA) is 58.6 Å². The summed E-state index contributed by atoms with van der Waals surface area (Å²) in [4.78, 5) is 2.71. The van der Waals surface area contributed by atoms with Crippen molar-refractivity contribution in [3.8, 4) is 5.75 Å². The average Bonchev–Trinajstić information content (AvgIpc) is 2.66. The van der Waals surface area contributed by atoms with Gasteiger partial charge in [-0.15, -0.1) is 0 Å². The SMILES string of the molecule is COc1cc(C)c(S(=O)(=O)NCCCN2CCc3ccccc3C2)cc1C. The van der Waals surface area contributed by atoms with Crippen LogP contribution in [0.25, 0.3) is 0 Å². The zero-order chi connectivity index (χ0) is 19.4. The van der Waals surface area contributed by atoms with Gasteiger partial charge in [-0.3, -0.25) is 4.90 Å². The summed E-state index contributed by atoms with van der Waals surface area (Å²) in [6.45, 7) is 6.94. The van der Waals surface area contributed by atoms with Crippen LogP contribution in [0.4, 0.5) is 0 Å². The van der Waals surface area contributed by atoms with E-state index in [0.29, 0.717) is 22.8 Å². The molecule has 1 aliphatic rings. The first-order valence-electron chi connectivity index (χ1n) is 9.35. The van der Waals surface area contributed by atoms with Crippen molar-refractivity contribution in [2.45, 2.75) is 38.1 Å². The summed E-state index contributed by atoms with van der Waals surface area (Å²) in [6.07, 6.45) is 1.85. The van der Waals surface area contributed by atoms with Crippen LogP contribution in [0.15, 0.2) is 41.3 Å². The van der Waals surface area contributed by atoms with Crippen LogP contribution >= 0.6 is 0 Å². The maximum Gasteiger partial charge on any atom is 0.240 e. The molecule has 0 aliphatic carbocycles. The van der Waals surface area contributed by atoms with E-state index in [-0.39, 0.29) is 0 Å². The number of ether oxygens (including phenoxy) is 1. The van der Waals surface area contributed by atoms with Crippen molar-refractivity contribution in [2.75, 3.05) is 26.7 Å². The number of nitrogens with one attached hydrogen (secondary N) is 1. The van der Waals surface area contributed by atoms with E-state index >= 15 is 0 Å². The Labute approximate surface area is 162 Å². The molecule has 1 heterocycles. The number of nitrogens with zero attached hydrogens (tertiary/aromatic N) is 1. The molecule has 0 radical (unpaired) electrons. The second kappa shape index (κ2) is 8.42. The Balaban J connectivity index is 1.54. The summed E-state index contributed by atoms with van der Waals surface area (Å²) >= 11 is 0. The second-order valence-electron chi connectivity index (χ2n) is 7.13. The normalized spacial score (nSPS) is 14.8. The Hall–Kier alpha value is -1.89. The smallest absolute Gasteiger partial charge is 0.240 e. The van der Waals surface area contributed by atoms with Gasteiger partial charge in [0, 0.05) is 19.6 Å². The molecule has 1 aliphatic heterocycles. The van der Waals surface area contributed by atoms with E-state index in [2.05, 4.69) is 33.9 Å². The van der Waals surface area contributed by atoms with Crippen molar-refractivity contribution >= 4 is 10.0 Å². The highest BCUT2D eigenvalue weighted by Crippen LogP contribution is 2.25. The molecule has 146 valence electrons. The molecule has 0 amide bonds. The number of hydrogen-bond acceptors (Lipinski definition) is 4. The minimum absolute atomic E-state index is 0.327. The van der Waals surface area contributed by atoms with Crippen LogP contribution in [0.5, 0.6) is 5.75 Å². The zero-order valence-corrected chi connectivity index (χ0v) is 17.1. The van der Waals surface area contributed by atoms with Crippen molar-refractivity contribution in [3.05, 3.63) is 58.7 Å². The van der Waals surface area contributed by atoms with Gasteiger partial charge >= 0.3 is 0 Å². The van der Waals surface area contributed by atoms with Gasteiger partial charge in [0.2, 0.25) is 10.0 Å². The Morgan fingerprint density at radius 1 is 1.11 bits per heavy atom. The standard InChI is InChI=1S/C21H28N2O3S/c1-16-14-21(17(2)13-20(16)26-3)27(24,25)22-10-6-11-23-12-9-18-7-4-5-8-19(18)15-23/h4-5,7-8,13-14,22H,6,9-12,15H2,1-3H3. The first-order chi connectivity index (χ1) is 12.9. The van der Waals surface area contributed by atoms with Crippen molar-refractivity contribution in [2.24, 2.45) is 0 Å². The molecular formula is C21H28N2O3S. The van der Waals surface area contributed by atoms with Gasteiger partial charge in [0.15, 0.2) is 0 Å². The van der Waals surface area contributed by atoms with Crippen LogP contribution in [0.2, 0.25) is 0 Å². The van der Waals surface area contributed by atoms with Crippen molar-refractivity contribution in [3.63, 3.8) is 0 Å². The Kier molecular flexibility index (Phi) is 6.19. The fourth-order valence-corrected chi connectivity index (χ4v) is 4.99. The Bertz CT molecular complexity index is 910. The largest absolute Gasteiger partial charge is 0.496 e. The molecule has 0 unspecified atom stereocenters.